The van der Waals surface area contributed by atoms with E-state index in [4.69, 9.17) is 9.47 Å². The van der Waals surface area contributed by atoms with Crippen LogP contribution in [0.1, 0.15) is 168 Å². The molecule has 0 aromatic heterocycles. The fourth-order valence-corrected chi connectivity index (χ4v) is 5.37. The largest absolute Gasteiger partial charge is 0.462 e. The van der Waals surface area contributed by atoms with Crippen molar-refractivity contribution in [1.29, 1.82) is 0 Å². The topological polar surface area (TPSA) is 89.9 Å². The minimum absolute atomic E-state index is 0.0717. The Bertz CT molecular complexity index is 597. The fourth-order valence-electron chi connectivity index (χ4n) is 4.74. The number of aliphatic hydroxyl groups is 1. The van der Waals surface area contributed by atoms with Crippen LogP contribution in [0.3, 0.4) is 0 Å². The lowest BCUT2D eigenvalue weighted by molar-refractivity contribution is -0.161. The lowest BCUT2D eigenvalue weighted by atomic mass is 10.0. The molecule has 0 saturated heterocycles. The van der Waals surface area contributed by atoms with Crippen LogP contribution in [-0.4, -0.2) is 47.2 Å². The molecule has 0 spiro atoms. The van der Waals surface area contributed by atoms with Gasteiger partial charge >= 0.3 is 11.9 Å². The molecule has 0 radical (unpaired) electrons. The maximum Gasteiger partial charge on any atom is 0.306 e. The molecule has 0 unspecified atom stereocenters. The quantitative estimate of drug-likeness (QED) is 0.0663. The number of unbranched alkanes of at least 4 members (excludes halogenated alkanes) is 20. The highest BCUT2D eigenvalue weighted by atomic mass is 32.2. The Kier molecular flexibility index (Phi) is 30.0. The highest BCUT2D eigenvalue weighted by molar-refractivity contribution is 8.13. The first-order chi connectivity index (χ1) is 19.5. The van der Waals surface area contributed by atoms with Gasteiger partial charge in [0.2, 0.25) is 0 Å². The Morgan fingerprint density at radius 1 is 0.600 bits per heavy atom. The lowest BCUT2D eigenvalue weighted by Crippen LogP contribution is -2.28. The standard InChI is InChI=1S/C33H62O6S/c1-3-4-5-6-7-13-17-20-23-26-33(37)39-31(28-34)29-38-32(36)25-22-19-16-14-11-9-8-10-12-15-18-21-24-27-40-30(2)35/h31,34H,3-29H2,1-2H3/t31-/m0/s1. The smallest absolute Gasteiger partial charge is 0.306 e. The average Bonchev–Trinajstić information content (AvgIpc) is 2.93. The van der Waals surface area contributed by atoms with Gasteiger partial charge in [-0.25, -0.2) is 0 Å². The zero-order valence-corrected chi connectivity index (χ0v) is 26.9. The second-order valence-electron chi connectivity index (χ2n) is 11.2. The summed E-state index contributed by atoms with van der Waals surface area (Å²) >= 11 is 1.44. The van der Waals surface area contributed by atoms with Gasteiger partial charge in [0.05, 0.1) is 6.61 Å². The number of hydrogen-bond acceptors (Lipinski definition) is 7. The molecule has 1 atom stereocenters. The first-order valence-electron chi connectivity index (χ1n) is 16.6. The molecule has 0 aliphatic rings. The predicted molar refractivity (Wildman–Crippen MR) is 168 cm³/mol. The number of carbonyl (C=O) groups excluding carboxylic acids is 3. The normalized spacial score (nSPS) is 11.9. The second kappa shape index (κ2) is 30.9. The second-order valence-corrected chi connectivity index (χ2v) is 12.5. The molecule has 6 nitrogen and oxygen atoms in total. The minimum atomic E-state index is -0.771. The minimum Gasteiger partial charge on any atom is -0.462 e. The van der Waals surface area contributed by atoms with Crippen molar-refractivity contribution >= 4 is 28.8 Å². The SMILES string of the molecule is CCCCCCCCCCCC(=O)O[C@@H](CO)COC(=O)CCCCCCCCCCCCCCCSC(C)=O. The number of hydrogen-bond donors (Lipinski definition) is 1. The van der Waals surface area contributed by atoms with Gasteiger partial charge in [0.15, 0.2) is 11.2 Å². The van der Waals surface area contributed by atoms with Crippen LogP contribution in [-0.2, 0) is 23.9 Å². The molecule has 0 aromatic carbocycles. The summed E-state index contributed by atoms with van der Waals surface area (Å²) in [5.41, 5.74) is 0. The average molecular weight is 587 g/mol. The number of carbonyl (C=O) groups is 3. The van der Waals surface area contributed by atoms with Crippen molar-refractivity contribution in [2.75, 3.05) is 19.0 Å². The van der Waals surface area contributed by atoms with E-state index in [0.717, 1.165) is 50.7 Å². The molecule has 0 saturated carbocycles. The van der Waals surface area contributed by atoms with Gasteiger partial charge in [-0.1, -0.05) is 141 Å². The molecule has 0 fully saturated rings. The molecule has 0 rings (SSSR count). The van der Waals surface area contributed by atoms with E-state index >= 15 is 0 Å². The van der Waals surface area contributed by atoms with Gasteiger partial charge < -0.3 is 14.6 Å². The van der Waals surface area contributed by atoms with Crippen molar-refractivity contribution in [3.63, 3.8) is 0 Å². The number of thioether (sulfide) groups is 1. The number of rotatable bonds is 30. The summed E-state index contributed by atoms with van der Waals surface area (Å²) in [6, 6.07) is 0. The maximum atomic E-state index is 12.0. The van der Waals surface area contributed by atoms with Gasteiger partial charge in [-0.2, -0.15) is 0 Å². The molecule has 0 amide bonds. The molecule has 236 valence electrons. The summed E-state index contributed by atoms with van der Waals surface area (Å²) in [6.07, 6.45) is 26.3. The maximum absolute atomic E-state index is 12.0. The van der Waals surface area contributed by atoms with Gasteiger partial charge in [-0.15, -0.1) is 0 Å². The Balaban J connectivity index is 3.50. The molecule has 40 heavy (non-hydrogen) atoms. The van der Waals surface area contributed by atoms with Crippen molar-refractivity contribution in [1.82, 2.24) is 0 Å². The zero-order chi connectivity index (χ0) is 29.5. The van der Waals surface area contributed by atoms with E-state index in [1.165, 1.54) is 108 Å². The molecule has 0 aliphatic carbocycles. The summed E-state index contributed by atoms with van der Waals surface area (Å²) in [4.78, 5) is 34.9. The van der Waals surface area contributed by atoms with E-state index in [1.807, 2.05) is 0 Å². The van der Waals surface area contributed by atoms with Crippen molar-refractivity contribution in [2.24, 2.45) is 0 Å². The molecule has 0 aromatic rings. The van der Waals surface area contributed by atoms with Crippen LogP contribution in [0.5, 0.6) is 0 Å². The monoisotopic (exact) mass is 586 g/mol. The Labute approximate surface area is 250 Å². The molecule has 0 aliphatic heterocycles. The van der Waals surface area contributed by atoms with E-state index in [1.54, 1.807) is 6.92 Å². The summed E-state index contributed by atoms with van der Waals surface area (Å²) in [5.74, 6) is 0.359. The Morgan fingerprint density at radius 3 is 1.43 bits per heavy atom. The number of aliphatic hydroxyl groups excluding tert-OH is 1. The molecule has 7 heteroatoms. The highest BCUT2D eigenvalue weighted by Gasteiger charge is 2.16. The zero-order valence-electron chi connectivity index (χ0n) is 26.1. The van der Waals surface area contributed by atoms with Crippen LogP contribution < -0.4 is 0 Å². The first-order valence-corrected chi connectivity index (χ1v) is 17.6. The summed E-state index contributed by atoms with van der Waals surface area (Å²) in [7, 11) is 0. The molecular weight excluding hydrogens is 524 g/mol. The van der Waals surface area contributed by atoms with Crippen LogP contribution in [0, 0.1) is 0 Å². The number of ether oxygens (including phenoxy) is 2. The number of esters is 2. The summed E-state index contributed by atoms with van der Waals surface area (Å²) < 4.78 is 10.5. The van der Waals surface area contributed by atoms with Crippen molar-refractivity contribution in [3.8, 4) is 0 Å². The van der Waals surface area contributed by atoms with Crippen LogP contribution in [0.2, 0.25) is 0 Å². The van der Waals surface area contributed by atoms with Gasteiger partial charge in [0.1, 0.15) is 6.61 Å². The highest BCUT2D eigenvalue weighted by Crippen LogP contribution is 2.15. The van der Waals surface area contributed by atoms with E-state index in [9.17, 15) is 19.5 Å². The third-order valence-electron chi connectivity index (χ3n) is 7.25. The van der Waals surface area contributed by atoms with E-state index < -0.39 is 6.10 Å². The molecule has 0 bridgehead atoms. The third-order valence-corrected chi connectivity index (χ3v) is 8.15. The summed E-state index contributed by atoms with van der Waals surface area (Å²) in [5, 5.41) is 9.70. The Morgan fingerprint density at radius 2 is 1.00 bits per heavy atom. The van der Waals surface area contributed by atoms with Crippen molar-refractivity contribution in [3.05, 3.63) is 0 Å². The molecule has 0 heterocycles. The molecular formula is C33H62O6S. The molecule has 1 N–H and O–H groups in total. The Hall–Kier alpha value is -1.08. The van der Waals surface area contributed by atoms with Crippen molar-refractivity contribution < 1.29 is 29.0 Å². The van der Waals surface area contributed by atoms with Crippen molar-refractivity contribution in [2.45, 2.75) is 174 Å². The first kappa shape index (κ1) is 38.9. The van der Waals surface area contributed by atoms with E-state index in [2.05, 4.69) is 6.92 Å². The van der Waals surface area contributed by atoms with Crippen LogP contribution in [0.25, 0.3) is 0 Å². The predicted octanol–water partition coefficient (Wildman–Crippen LogP) is 9.10. The third kappa shape index (κ3) is 29.9. The summed E-state index contributed by atoms with van der Waals surface area (Å²) in [6.45, 7) is 3.46. The van der Waals surface area contributed by atoms with Crippen LogP contribution in [0.15, 0.2) is 0 Å². The fraction of sp³-hybridized carbons (Fsp3) is 0.909. The van der Waals surface area contributed by atoms with E-state index in [0.29, 0.717) is 12.8 Å². The van der Waals surface area contributed by atoms with Gasteiger partial charge in [-0.05, 0) is 19.3 Å². The lowest BCUT2D eigenvalue weighted by Gasteiger charge is -2.15. The van der Waals surface area contributed by atoms with Crippen LogP contribution in [0.4, 0.5) is 0 Å². The van der Waals surface area contributed by atoms with Gasteiger partial charge in [0.25, 0.3) is 0 Å². The van der Waals surface area contributed by atoms with E-state index in [-0.39, 0.29) is 30.3 Å². The van der Waals surface area contributed by atoms with Gasteiger partial charge in [-0.3, -0.25) is 14.4 Å². The van der Waals surface area contributed by atoms with Crippen LogP contribution >= 0.6 is 11.8 Å². The van der Waals surface area contributed by atoms with Gasteiger partial charge in [0, 0.05) is 25.5 Å².